The number of hydrogen-bond donors (Lipinski definition) is 1. The van der Waals surface area contributed by atoms with Crippen LogP contribution < -0.4 is 10.5 Å². The maximum Gasteiger partial charge on any atom is 0.220 e. The Morgan fingerprint density at radius 3 is 2.66 bits per heavy atom. The Bertz CT molecular complexity index is 1130. The van der Waals surface area contributed by atoms with E-state index < -0.39 is 11.6 Å². The highest BCUT2D eigenvalue weighted by atomic mass is 19.1. The third kappa shape index (κ3) is 3.41. The van der Waals surface area contributed by atoms with Crippen molar-refractivity contribution in [1.82, 2.24) is 15.0 Å². The van der Waals surface area contributed by atoms with Crippen molar-refractivity contribution in [2.45, 2.75) is 25.7 Å². The Kier molecular flexibility index (Phi) is 4.70. The Hall–Kier alpha value is -3.42. The maximum atomic E-state index is 14.5. The van der Waals surface area contributed by atoms with Gasteiger partial charge in [-0.3, -0.25) is 4.79 Å². The van der Waals surface area contributed by atoms with Gasteiger partial charge >= 0.3 is 0 Å². The molecule has 2 aromatic heterocycles. The van der Waals surface area contributed by atoms with Gasteiger partial charge in [0.05, 0.1) is 24.1 Å². The minimum absolute atomic E-state index is 0.0320. The first-order valence-corrected chi connectivity index (χ1v) is 9.04. The van der Waals surface area contributed by atoms with Gasteiger partial charge in [0.1, 0.15) is 17.3 Å². The predicted octanol–water partition coefficient (Wildman–Crippen LogP) is 3.63. The lowest BCUT2D eigenvalue weighted by Gasteiger charge is -2.26. The number of anilines is 1. The number of ether oxygens (including phenoxy) is 1. The monoisotopic (exact) mass is 396 g/mol. The van der Waals surface area contributed by atoms with Crippen LogP contribution in [0.1, 0.15) is 39.6 Å². The number of carbonyl (C=O) groups excluding carboxylic acids is 1. The highest BCUT2D eigenvalue weighted by molar-refractivity contribution is 6.00. The molecule has 0 amide bonds. The van der Waals surface area contributed by atoms with Crippen LogP contribution in [-0.4, -0.2) is 27.8 Å². The van der Waals surface area contributed by atoms with Gasteiger partial charge in [-0.1, -0.05) is 6.07 Å². The number of methoxy groups -OCH3 is 1. The summed E-state index contributed by atoms with van der Waals surface area (Å²) < 4.78 is 33.7. The number of hydrogen-bond acceptors (Lipinski definition) is 6. The Morgan fingerprint density at radius 1 is 1.10 bits per heavy atom. The van der Waals surface area contributed by atoms with Crippen molar-refractivity contribution in [1.29, 1.82) is 0 Å². The number of pyridine rings is 1. The van der Waals surface area contributed by atoms with E-state index in [2.05, 4.69) is 15.0 Å². The van der Waals surface area contributed by atoms with Crippen molar-refractivity contribution in [2.75, 3.05) is 12.8 Å². The van der Waals surface area contributed by atoms with E-state index in [4.69, 9.17) is 10.5 Å². The van der Waals surface area contributed by atoms with E-state index in [1.807, 2.05) is 0 Å². The van der Waals surface area contributed by atoms with Gasteiger partial charge in [-0.05, 0) is 43.0 Å². The zero-order chi connectivity index (χ0) is 20.7. The van der Waals surface area contributed by atoms with Crippen LogP contribution >= 0.6 is 0 Å². The van der Waals surface area contributed by atoms with Gasteiger partial charge in [0.15, 0.2) is 5.78 Å². The van der Waals surface area contributed by atoms with Crippen molar-refractivity contribution >= 4 is 11.7 Å². The van der Waals surface area contributed by atoms with Gasteiger partial charge in [-0.25, -0.2) is 23.7 Å². The second-order valence-electron chi connectivity index (χ2n) is 6.93. The molecule has 0 bridgehead atoms. The highest BCUT2D eigenvalue weighted by Gasteiger charge is 2.31. The van der Waals surface area contributed by atoms with Crippen LogP contribution in [0.2, 0.25) is 0 Å². The number of nitrogens with two attached hydrogens (primary N) is 1. The molecule has 6 nitrogen and oxygen atoms in total. The molecule has 1 atom stereocenters. The number of ketones is 1. The normalized spacial score (nSPS) is 15.9. The van der Waals surface area contributed by atoms with Crippen LogP contribution in [0.4, 0.5) is 14.7 Å². The average molecular weight is 396 g/mol. The molecule has 8 heteroatoms. The smallest absolute Gasteiger partial charge is 0.220 e. The van der Waals surface area contributed by atoms with Crippen LogP contribution in [0.5, 0.6) is 5.88 Å². The molecular weight excluding hydrogens is 378 g/mol. The first-order chi connectivity index (χ1) is 13.9. The van der Waals surface area contributed by atoms with E-state index in [9.17, 15) is 13.6 Å². The summed E-state index contributed by atoms with van der Waals surface area (Å²) >= 11 is 0. The number of fused-ring (bicyclic) bond motifs is 1. The molecule has 0 saturated heterocycles. The van der Waals surface area contributed by atoms with Gasteiger partial charge in [0, 0.05) is 18.1 Å². The van der Waals surface area contributed by atoms with Crippen LogP contribution in [0, 0.1) is 18.6 Å². The largest absolute Gasteiger partial charge is 0.481 e. The molecular formula is C21H18F2N4O2. The van der Waals surface area contributed by atoms with Gasteiger partial charge in [-0.15, -0.1) is 0 Å². The predicted molar refractivity (Wildman–Crippen MR) is 103 cm³/mol. The molecule has 0 saturated carbocycles. The molecule has 4 rings (SSSR count). The topological polar surface area (TPSA) is 91.0 Å². The minimum Gasteiger partial charge on any atom is -0.481 e. The van der Waals surface area contributed by atoms with Gasteiger partial charge < -0.3 is 10.5 Å². The van der Waals surface area contributed by atoms with Crippen molar-refractivity contribution in [3.63, 3.8) is 0 Å². The molecule has 2 heterocycles. The fourth-order valence-corrected chi connectivity index (χ4v) is 3.83. The Morgan fingerprint density at radius 2 is 1.90 bits per heavy atom. The highest BCUT2D eigenvalue weighted by Crippen LogP contribution is 2.38. The van der Waals surface area contributed by atoms with Crippen LogP contribution in [0.3, 0.4) is 0 Å². The number of nitrogens with zero attached hydrogens (tertiary/aromatic N) is 3. The van der Waals surface area contributed by atoms with Crippen molar-refractivity contribution in [2.24, 2.45) is 0 Å². The summed E-state index contributed by atoms with van der Waals surface area (Å²) in [5.74, 6) is -1.29. The number of benzene rings is 1. The van der Waals surface area contributed by atoms with Gasteiger partial charge in [0.25, 0.3) is 0 Å². The molecule has 148 valence electrons. The quantitative estimate of drug-likeness (QED) is 0.727. The second-order valence-corrected chi connectivity index (χ2v) is 6.93. The Balaban J connectivity index is 1.84. The van der Waals surface area contributed by atoms with Crippen LogP contribution in [0.15, 0.2) is 30.3 Å². The first-order valence-electron chi connectivity index (χ1n) is 9.04. The summed E-state index contributed by atoms with van der Waals surface area (Å²) in [5.41, 5.74) is 8.17. The van der Waals surface area contributed by atoms with Crippen molar-refractivity contribution in [3.05, 3.63) is 64.5 Å². The lowest BCUT2D eigenvalue weighted by molar-refractivity contribution is 0.0962. The molecule has 1 aromatic carbocycles. The molecule has 3 aromatic rings. The summed E-state index contributed by atoms with van der Waals surface area (Å²) in [4.78, 5) is 25.2. The van der Waals surface area contributed by atoms with E-state index >= 15 is 0 Å². The number of aryl methyl sites for hydroxylation is 1. The molecule has 1 aliphatic rings. The van der Waals surface area contributed by atoms with E-state index in [0.717, 1.165) is 0 Å². The van der Waals surface area contributed by atoms with Crippen molar-refractivity contribution < 1.29 is 18.3 Å². The number of carbonyl (C=O) groups is 1. The summed E-state index contributed by atoms with van der Waals surface area (Å²) in [6.45, 7) is 1.72. The summed E-state index contributed by atoms with van der Waals surface area (Å²) in [7, 11) is 1.42. The third-order valence-electron chi connectivity index (χ3n) is 5.07. The van der Waals surface area contributed by atoms with Gasteiger partial charge in [-0.2, -0.15) is 0 Å². The molecule has 29 heavy (non-hydrogen) atoms. The fourth-order valence-electron chi connectivity index (χ4n) is 3.83. The molecule has 0 aliphatic heterocycles. The zero-order valence-corrected chi connectivity index (χ0v) is 15.9. The summed E-state index contributed by atoms with van der Waals surface area (Å²) in [5, 5.41) is 0. The third-order valence-corrected chi connectivity index (χ3v) is 5.07. The summed E-state index contributed by atoms with van der Waals surface area (Å²) in [6.07, 6.45) is 0.574. The lowest BCUT2D eigenvalue weighted by atomic mass is 9.79. The lowest BCUT2D eigenvalue weighted by Crippen LogP contribution is -2.23. The number of Topliss-reactive ketones (excluding diaryl/α,β-unsaturated/α-hetero) is 1. The second kappa shape index (κ2) is 7.20. The van der Waals surface area contributed by atoms with E-state index in [-0.39, 0.29) is 41.2 Å². The van der Waals surface area contributed by atoms with E-state index in [0.29, 0.717) is 28.9 Å². The standard InChI is InChI=1S/C21H18F2N4O2/c1-10-19-16(26-21(24)25-10)7-11(8-17(19)28)13-4-3-12(22)9-14(13)20-15(23)5-6-18(27-20)29-2/h3-6,9,11H,7-8H2,1-2H3,(H2,24,25,26)/t11-/m1/s1. The number of aromatic nitrogens is 3. The van der Waals surface area contributed by atoms with Crippen LogP contribution in [-0.2, 0) is 6.42 Å². The van der Waals surface area contributed by atoms with E-state index in [1.165, 1.54) is 31.4 Å². The average Bonchev–Trinajstić information content (AvgIpc) is 2.67. The number of nitrogen functional groups attached to an aromatic ring is 1. The molecule has 2 N–H and O–H groups in total. The zero-order valence-electron chi connectivity index (χ0n) is 15.9. The number of halogens is 2. The molecule has 0 radical (unpaired) electrons. The summed E-state index contributed by atoms with van der Waals surface area (Å²) in [6, 6.07) is 6.68. The first kappa shape index (κ1) is 18.9. The SMILES string of the molecule is COc1ccc(F)c(-c2cc(F)ccc2[C@H]2CC(=O)c3c(C)nc(N)nc3C2)n1. The van der Waals surface area contributed by atoms with Gasteiger partial charge in [0.2, 0.25) is 11.8 Å². The fraction of sp³-hybridized carbons (Fsp3) is 0.238. The molecule has 1 aliphatic carbocycles. The minimum atomic E-state index is -0.609. The van der Waals surface area contributed by atoms with Crippen molar-refractivity contribution in [3.8, 4) is 17.1 Å². The molecule has 0 spiro atoms. The van der Waals surface area contributed by atoms with E-state index in [1.54, 1.807) is 13.0 Å². The number of rotatable bonds is 3. The van der Waals surface area contributed by atoms with Crippen LogP contribution in [0.25, 0.3) is 11.3 Å². The molecule has 0 fully saturated rings. The maximum absolute atomic E-state index is 14.5. The Labute approximate surface area is 165 Å². The molecule has 0 unspecified atom stereocenters.